The number of benzene rings is 1. The Hall–Kier alpha value is -3.78. The molecule has 4 rings (SSSR count). The number of fused-ring (bicyclic) bond motifs is 1. The molecule has 4 aromatic rings. The number of alkyl halides is 2. The topological polar surface area (TPSA) is 136 Å². The van der Waals surface area contributed by atoms with Crippen LogP contribution in [0.4, 0.5) is 8.78 Å². The van der Waals surface area contributed by atoms with Crippen molar-refractivity contribution >= 4 is 20.9 Å². The van der Waals surface area contributed by atoms with Crippen molar-refractivity contribution in [3.05, 3.63) is 36.8 Å². The van der Waals surface area contributed by atoms with Crippen molar-refractivity contribution in [3.63, 3.8) is 0 Å². The number of para-hydroxylation sites is 1. The molecule has 0 saturated carbocycles. The van der Waals surface area contributed by atoms with Gasteiger partial charge in [0.1, 0.15) is 10.7 Å². The molecule has 11 nitrogen and oxygen atoms in total. The summed E-state index contributed by atoms with van der Waals surface area (Å²) < 4.78 is 68.1. The van der Waals surface area contributed by atoms with E-state index in [0.717, 1.165) is 0 Å². The highest BCUT2D eigenvalue weighted by Crippen LogP contribution is 2.38. The number of hydrogen-bond donors (Lipinski definition) is 1. The Morgan fingerprint density at radius 3 is 2.30 bits per heavy atom. The quantitative estimate of drug-likeness (QED) is 0.425. The fraction of sp³-hybridized carbons (Fsp3) is 0.211. The van der Waals surface area contributed by atoms with E-state index < -0.39 is 22.4 Å². The van der Waals surface area contributed by atoms with E-state index in [1.807, 2.05) is 0 Å². The summed E-state index contributed by atoms with van der Waals surface area (Å²) >= 11 is 0. The van der Waals surface area contributed by atoms with Crippen LogP contribution in [0.25, 0.3) is 28.2 Å². The van der Waals surface area contributed by atoms with Gasteiger partial charge >= 0.3 is 6.61 Å². The largest absolute Gasteiger partial charge is 0.478 e. The van der Waals surface area contributed by atoms with Crippen LogP contribution >= 0.6 is 0 Å². The first-order valence-corrected chi connectivity index (χ1v) is 10.8. The second kappa shape index (κ2) is 8.29. The lowest BCUT2D eigenvalue weighted by molar-refractivity contribution is -0.0534. The highest BCUT2D eigenvalue weighted by Gasteiger charge is 2.26. The summed E-state index contributed by atoms with van der Waals surface area (Å²) in [5, 5.41) is 5.73. The summed E-state index contributed by atoms with van der Waals surface area (Å²) in [6, 6.07) is 4.96. The molecule has 0 spiro atoms. The van der Waals surface area contributed by atoms with Gasteiger partial charge in [0.2, 0.25) is 21.7 Å². The van der Waals surface area contributed by atoms with Gasteiger partial charge in [-0.1, -0.05) is 12.1 Å². The molecule has 0 radical (unpaired) electrons. The fourth-order valence-electron chi connectivity index (χ4n) is 3.42. The number of ether oxygens (including phenoxy) is 3. The van der Waals surface area contributed by atoms with Crippen LogP contribution in [0.2, 0.25) is 0 Å². The molecule has 0 aliphatic carbocycles. The summed E-state index contributed by atoms with van der Waals surface area (Å²) in [7, 11) is 0.0165. The first-order chi connectivity index (χ1) is 15.7. The Labute approximate surface area is 186 Å². The summed E-state index contributed by atoms with van der Waals surface area (Å²) in [4.78, 5) is 12.4. The van der Waals surface area contributed by atoms with E-state index in [-0.39, 0.29) is 28.0 Å². The third kappa shape index (κ3) is 3.93. The van der Waals surface area contributed by atoms with E-state index in [2.05, 4.69) is 19.7 Å². The number of aromatic nitrogens is 5. The first-order valence-electron chi connectivity index (χ1n) is 9.25. The van der Waals surface area contributed by atoms with E-state index in [0.29, 0.717) is 16.9 Å². The molecule has 0 aliphatic heterocycles. The third-order valence-corrected chi connectivity index (χ3v) is 5.70. The average Bonchev–Trinajstić information content (AvgIpc) is 3.37. The van der Waals surface area contributed by atoms with Gasteiger partial charge in [0, 0.05) is 36.6 Å². The molecular weight excluding hydrogens is 462 g/mol. The normalized spacial score (nSPS) is 11.8. The van der Waals surface area contributed by atoms with Crippen LogP contribution < -0.4 is 19.3 Å². The van der Waals surface area contributed by atoms with Crippen LogP contribution in [0.1, 0.15) is 0 Å². The Bertz CT molecular complexity index is 1430. The molecule has 33 heavy (non-hydrogen) atoms. The van der Waals surface area contributed by atoms with Crippen molar-refractivity contribution in [1.29, 1.82) is 0 Å². The molecule has 0 bridgehead atoms. The highest BCUT2D eigenvalue weighted by molar-refractivity contribution is 7.89. The summed E-state index contributed by atoms with van der Waals surface area (Å²) in [5.74, 6) is -0.799. The molecule has 0 unspecified atom stereocenters. The van der Waals surface area contributed by atoms with Crippen molar-refractivity contribution in [3.8, 4) is 34.8 Å². The predicted molar refractivity (Wildman–Crippen MR) is 112 cm³/mol. The number of nitrogens with zero attached hydrogens (tertiary/aromatic N) is 5. The third-order valence-electron chi connectivity index (χ3n) is 4.76. The van der Waals surface area contributed by atoms with Crippen molar-refractivity contribution in [2.24, 2.45) is 12.2 Å². The molecule has 0 aliphatic rings. The zero-order valence-electron chi connectivity index (χ0n) is 17.6. The highest BCUT2D eigenvalue weighted by atomic mass is 32.2. The van der Waals surface area contributed by atoms with Crippen LogP contribution in [0, 0.1) is 0 Å². The number of imidazole rings is 1. The second-order valence-electron chi connectivity index (χ2n) is 6.72. The average molecular weight is 480 g/mol. The Balaban J connectivity index is 2.09. The lowest BCUT2D eigenvalue weighted by Gasteiger charge is -2.14. The van der Waals surface area contributed by atoms with E-state index in [1.165, 1.54) is 25.0 Å². The van der Waals surface area contributed by atoms with E-state index in [9.17, 15) is 17.2 Å². The minimum absolute atomic E-state index is 0.133. The second-order valence-corrected chi connectivity index (χ2v) is 8.25. The Kier molecular flexibility index (Phi) is 5.63. The summed E-state index contributed by atoms with van der Waals surface area (Å²) in [6.07, 6.45) is 4.54. The molecule has 14 heteroatoms. The molecule has 0 saturated heterocycles. The van der Waals surface area contributed by atoms with Gasteiger partial charge in [-0.05, 0) is 6.07 Å². The fourth-order valence-corrected chi connectivity index (χ4v) is 4.14. The van der Waals surface area contributed by atoms with Gasteiger partial charge in [-0.2, -0.15) is 18.7 Å². The van der Waals surface area contributed by atoms with Gasteiger partial charge in [0.25, 0.3) is 11.8 Å². The Morgan fingerprint density at radius 2 is 1.79 bits per heavy atom. The minimum Gasteiger partial charge on any atom is -0.478 e. The minimum atomic E-state index is -4.16. The number of methoxy groups -OCH3 is 2. The molecule has 3 heterocycles. The Morgan fingerprint density at radius 1 is 1.12 bits per heavy atom. The van der Waals surface area contributed by atoms with E-state index in [1.54, 1.807) is 42.2 Å². The van der Waals surface area contributed by atoms with Crippen molar-refractivity contribution in [1.82, 2.24) is 24.1 Å². The lowest BCUT2D eigenvalue weighted by Crippen LogP contribution is -2.12. The number of hydrogen-bond acceptors (Lipinski definition) is 8. The van der Waals surface area contributed by atoms with Crippen molar-refractivity contribution < 1.29 is 31.4 Å². The van der Waals surface area contributed by atoms with Gasteiger partial charge < -0.3 is 18.8 Å². The molecule has 0 atom stereocenters. The van der Waals surface area contributed by atoms with Gasteiger partial charge in [-0.25, -0.2) is 18.5 Å². The summed E-state index contributed by atoms with van der Waals surface area (Å²) in [5.41, 5.74) is 0.909. The van der Waals surface area contributed by atoms with Gasteiger partial charge in [0.15, 0.2) is 0 Å². The molecule has 2 N–H and O–H groups in total. The van der Waals surface area contributed by atoms with Crippen molar-refractivity contribution in [2.75, 3.05) is 14.2 Å². The maximum absolute atomic E-state index is 12.9. The van der Waals surface area contributed by atoms with Gasteiger partial charge in [-0.15, -0.1) is 0 Å². The maximum Gasteiger partial charge on any atom is 0.387 e. The zero-order valence-corrected chi connectivity index (χ0v) is 18.4. The number of sulfonamides is 1. The van der Waals surface area contributed by atoms with E-state index in [4.69, 9.17) is 14.6 Å². The lowest BCUT2D eigenvalue weighted by atomic mass is 10.1. The van der Waals surface area contributed by atoms with Crippen LogP contribution in [0.15, 0.2) is 41.7 Å². The number of nitrogens with two attached hydrogens (primary N) is 1. The number of rotatable bonds is 7. The zero-order chi connectivity index (χ0) is 23.9. The number of aryl methyl sites for hydroxylation is 1. The smallest absolute Gasteiger partial charge is 0.387 e. The molecular formula is C19H18F2N6O5S. The van der Waals surface area contributed by atoms with E-state index >= 15 is 0 Å². The van der Waals surface area contributed by atoms with Crippen LogP contribution in [-0.4, -0.2) is 53.3 Å². The summed E-state index contributed by atoms with van der Waals surface area (Å²) in [6.45, 7) is -3.18. The number of halogens is 2. The van der Waals surface area contributed by atoms with Crippen molar-refractivity contribution in [2.45, 2.75) is 11.5 Å². The monoisotopic (exact) mass is 480 g/mol. The molecule has 0 fully saturated rings. The maximum atomic E-state index is 12.9. The van der Waals surface area contributed by atoms with Gasteiger partial charge in [0.05, 0.1) is 19.7 Å². The predicted octanol–water partition coefficient (Wildman–Crippen LogP) is 2.09. The molecule has 1 aromatic carbocycles. The molecule has 174 valence electrons. The molecule has 3 aromatic heterocycles. The SMILES string of the molecule is COc1nc(-n2cc(S(N)(=O)=O)c3cccc(-c4nccn4C)c32)nc(OC)c1OC(F)F. The number of primary sulfonamides is 1. The first kappa shape index (κ1) is 22.4. The van der Waals surface area contributed by atoms with Crippen LogP contribution in [0.5, 0.6) is 17.5 Å². The molecule has 0 amide bonds. The van der Waals surface area contributed by atoms with Crippen LogP contribution in [0.3, 0.4) is 0 Å². The van der Waals surface area contributed by atoms with Crippen LogP contribution in [-0.2, 0) is 17.1 Å². The standard InChI is InChI=1S/C19H18F2N6O5S/c1-26-8-7-23-15(26)11-6-4-5-10-12(33(22,28)29)9-27(13(10)11)19-24-16(30-2)14(32-18(20)21)17(25-19)31-3/h4-9,18H,1-3H3,(H2,22,28,29). The van der Waals surface area contributed by atoms with Gasteiger partial charge in [-0.3, -0.25) is 4.57 Å².